The molecule has 1 aromatic heterocycles. The van der Waals surface area contributed by atoms with Gasteiger partial charge >= 0.3 is 0 Å². The number of carbonyl (C=O) groups excluding carboxylic acids is 1. The number of fused-ring (bicyclic) bond motifs is 1. The molecule has 1 aliphatic rings. The first kappa shape index (κ1) is 15.3. The van der Waals surface area contributed by atoms with Crippen LogP contribution in [-0.4, -0.2) is 24.1 Å². The molecule has 0 amide bonds. The average molecular weight is 363 g/mol. The van der Waals surface area contributed by atoms with E-state index >= 15 is 0 Å². The average Bonchev–Trinajstić information content (AvgIpc) is 2.89. The fourth-order valence-electron chi connectivity index (χ4n) is 2.84. The second kappa shape index (κ2) is 6.67. The van der Waals surface area contributed by atoms with E-state index < -0.39 is 0 Å². The smallest absolute Gasteiger partial charge is 0.232 e. The van der Waals surface area contributed by atoms with Crippen molar-refractivity contribution in [3.8, 4) is 5.75 Å². The van der Waals surface area contributed by atoms with Gasteiger partial charge in [0.2, 0.25) is 5.91 Å². The van der Waals surface area contributed by atoms with Crippen molar-refractivity contribution < 1.29 is 9.53 Å². The minimum Gasteiger partial charge on any atom is -0.497 e. The molecule has 5 heteroatoms. The summed E-state index contributed by atoms with van der Waals surface area (Å²) >= 11 is 3.52. The molecule has 0 aliphatic carbocycles. The van der Waals surface area contributed by atoms with Crippen molar-refractivity contribution in [1.82, 2.24) is 9.88 Å². The summed E-state index contributed by atoms with van der Waals surface area (Å²) in [6, 6.07) is 9.93. The Bertz CT molecular complexity index is 677. The predicted molar refractivity (Wildman–Crippen MR) is 89.5 cm³/mol. The molecule has 0 bridgehead atoms. The van der Waals surface area contributed by atoms with Gasteiger partial charge in [-0.1, -0.05) is 12.1 Å². The summed E-state index contributed by atoms with van der Waals surface area (Å²) in [6.07, 6.45) is 2.13. The number of aromatic nitrogens is 1. The second-order valence-corrected chi connectivity index (χ2v) is 6.26. The maximum Gasteiger partial charge on any atom is 0.232 e. The van der Waals surface area contributed by atoms with Crippen molar-refractivity contribution in [2.45, 2.75) is 25.8 Å². The first-order valence-electron chi connectivity index (χ1n) is 7.45. The third kappa shape index (κ3) is 3.10. The molecule has 2 heterocycles. The number of halogens is 1. The summed E-state index contributed by atoms with van der Waals surface area (Å²) in [4.78, 5) is 12.6. The number of hydrogen-bond acceptors (Lipinski definition) is 3. The van der Waals surface area contributed by atoms with Crippen LogP contribution in [0.15, 0.2) is 34.9 Å². The molecule has 0 radical (unpaired) electrons. The summed E-state index contributed by atoms with van der Waals surface area (Å²) in [6.45, 7) is 1.77. The fraction of sp³-hybridized carbons (Fsp3) is 0.353. The molecular weight excluding hydrogens is 344 g/mol. The van der Waals surface area contributed by atoms with Gasteiger partial charge in [0.1, 0.15) is 5.75 Å². The third-order valence-corrected chi connectivity index (χ3v) is 4.62. The Labute approximate surface area is 138 Å². The van der Waals surface area contributed by atoms with Crippen molar-refractivity contribution in [2.75, 3.05) is 13.7 Å². The van der Waals surface area contributed by atoms with Gasteiger partial charge in [-0.2, -0.15) is 0 Å². The molecule has 0 saturated carbocycles. The van der Waals surface area contributed by atoms with Crippen molar-refractivity contribution in [1.29, 1.82) is 0 Å². The molecule has 0 unspecified atom stereocenters. The molecular formula is C17H19BrN2O2. The molecule has 1 aromatic carbocycles. The zero-order valence-electron chi connectivity index (χ0n) is 12.6. The van der Waals surface area contributed by atoms with E-state index in [1.807, 2.05) is 34.9 Å². The SMILES string of the molecule is COc1ccc(CCC(=O)n2c(Br)cc3c2CCNC3)cc1. The number of hydrogen-bond donors (Lipinski definition) is 1. The van der Waals surface area contributed by atoms with Gasteiger partial charge in [0.25, 0.3) is 0 Å². The van der Waals surface area contributed by atoms with E-state index in [1.165, 1.54) is 5.56 Å². The van der Waals surface area contributed by atoms with Crippen LogP contribution in [0.25, 0.3) is 0 Å². The Balaban J connectivity index is 1.70. The highest BCUT2D eigenvalue weighted by atomic mass is 79.9. The zero-order chi connectivity index (χ0) is 15.5. The van der Waals surface area contributed by atoms with Crippen LogP contribution in [0.2, 0.25) is 0 Å². The van der Waals surface area contributed by atoms with Crippen molar-refractivity contribution in [3.05, 3.63) is 51.8 Å². The van der Waals surface area contributed by atoms with Crippen LogP contribution in [0.3, 0.4) is 0 Å². The van der Waals surface area contributed by atoms with Gasteiger partial charge < -0.3 is 10.1 Å². The Hall–Kier alpha value is -1.59. The Morgan fingerprint density at radius 1 is 1.36 bits per heavy atom. The van der Waals surface area contributed by atoms with E-state index in [4.69, 9.17) is 4.74 Å². The van der Waals surface area contributed by atoms with Crippen molar-refractivity contribution in [2.24, 2.45) is 0 Å². The number of methoxy groups -OCH3 is 1. The number of benzene rings is 1. The normalized spacial score (nSPS) is 13.7. The zero-order valence-corrected chi connectivity index (χ0v) is 14.1. The summed E-state index contributed by atoms with van der Waals surface area (Å²) in [5, 5.41) is 3.33. The summed E-state index contributed by atoms with van der Waals surface area (Å²) < 4.78 is 7.84. The summed E-state index contributed by atoms with van der Waals surface area (Å²) in [5.74, 6) is 0.982. The van der Waals surface area contributed by atoms with Gasteiger partial charge in [-0.3, -0.25) is 9.36 Å². The lowest BCUT2D eigenvalue weighted by molar-refractivity contribution is 0.0897. The Morgan fingerprint density at radius 2 is 2.14 bits per heavy atom. The van der Waals surface area contributed by atoms with Crippen molar-refractivity contribution >= 4 is 21.8 Å². The highest BCUT2D eigenvalue weighted by molar-refractivity contribution is 9.10. The van der Waals surface area contributed by atoms with Crippen LogP contribution in [0.1, 0.15) is 28.0 Å². The molecule has 2 aromatic rings. The van der Waals surface area contributed by atoms with Crippen LogP contribution >= 0.6 is 15.9 Å². The van der Waals surface area contributed by atoms with Crippen molar-refractivity contribution in [3.63, 3.8) is 0 Å². The van der Waals surface area contributed by atoms with Gasteiger partial charge in [-0.25, -0.2) is 0 Å². The van der Waals surface area contributed by atoms with Crippen LogP contribution in [0.5, 0.6) is 5.75 Å². The van der Waals surface area contributed by atoms with Gasteiger partial charge in [0, 0.05) is 31.6 Å². The van der Waals surface area contributed by atoms with E-state index in [1.54, 1.807) is 7.11 Å². The summed E-state index contributed by atoms with van der Waals surface area (Å²) in [7, 11) is 1.65. The lowest BCUT2D eigenvalue weighted by atomic mass is 10.1. The third-order valence-electron chi connectivity index (χ3n) is 4.04. The van der Waals surface area contributed by atoms with Gasteiger partial charge in [-0.15, -0.1) is 0 Å². The van der Waals surface area contributed by atoms with Crippen LogP contribution < -0.4 is 10.1 Å². The van der Waals surface area contributed by atoms with E-state index in [0.29, 0.717) is 6.42 Å². The van der Waals surface area contributed by atoms with Gasteiger partial charge in [0.15, 0.2) is 0 Å². The Morgan fingerprint density at radius 3 is 2.86 bits per heavy atom. The molecule has 116 valence electrons. The van der Waals surface area contributed by atoms with E-state index in [2.05, 4.69) is 21.2 Å². The van der Waals surface area contributed by atoms with Crippen LogP contribution in [-0.2, 0) is 19.4 Å². The first-order chi connectivity index (χ1) is 10.7. The highest BCUT2D eigenvalue weighted by Gasteiger charge is 2.20. The Kier molecular flexibility index (Phi) is 4.64. The van der Waals surface area contributed by atoms with Gasteiger partial charge in [0.05, 0.1) is 11.7 Å². The second-order valence-electron chi connectivity index (χ2n) is 5.44. The number of nitrogens with one attached hydrogen (secondary N) is 1. The summed E-state index contributed by atoms with van der Waals surface area (Å²) in [5.41, 5.74) is 3.51. The van der Waals surface area contributed by atoms with Crippen LogP contribution in [0.4, 0.5) is 0 Å². The monoisotopic (exact) mass is 362 g/mol. The molecule has 0 spiro atoms. The molecule has 0 atom stereocenters. The molecule has 0 fully saturated rings. The standard InChI is InChI=1S/C17H19BrN2O2/c1-22-14-5-2-12(3-6-14)4-7-17(21)20-15-8-9-19-11-13(15)10-16(20)18/h2-3,5-6,10,19H,4,7-9,11H2,1H3. The number of nitrogens with zero attached hydrogens (tertiary/aromatic N) is 1. The molecule has 4 nitrogen and oxygen atoms in total. The first-order valence-corrected chi connectivity index (χ1v) is 8.24. The molecule has 0 saturated heterocycles. The van der Waals surface area contributed by atoms with E-state index in [9.17, 15) is 4.79 Å². The predicted octanol–water partition coefficient (Wildman–Crippen LogP) is 3.18. The molecule has 22 heavy (non-hydrogen) atoms. The number of aryl methyl sites for hydroxylation is 1. The largest absolute Gasteiger partial charge is 0.497 e. The minimum absolute atomic E-state index is 0.144. The maximum absolute atomic E-state index is 12.6. The lowest BCUT2D eigenvalue weighted by Crippen LogP contribution is -2.26. The number of ether oxygens (including phenoxy) is 1. The minimum atomic E-state index is 0.144. The fourth-order valence-corrected chi connectivity index (χ4v) is 3.53. The number of carbonyl (C=O) groups is 1. The van der Waals surface area contributed by atoms with E-state index in [-0.39, 0.29) is 5.91 Å². The lowest BCUT2D eigenvalue weighted by Gasteiger charge is -2.16. The highest BCUT2D eigenvalue weighted by Crippen LogP contribution is 2.24. The molecule has 3 rings (SSSR count). The van der Waals surface area contributed by atoms with E-state index in [0.717, 1.165) is 47.5 Å². The topological polar surface area (TPSA) is 43.3 Å². The van der Waals surface area contributed by atoms with Crippen LogP contribution in [0, 0.1) is 0 Å². The van der Waals surface area contributed by atoms with Gasteiger partial charge in [-0.05, 0) is 51.7 Å². The molecule has 1 N–H and O–H groups in total. The molecule has 1 aliphatic heterocycles. The quantitative estimate of drug-likeness (QED) is 0.908. The number of rotatable bonds is 4. The maximum atomic E-state index is 12.6.